The maximum Gasteiger partial charge on any atom is 0.229 e. The summed E-state index contributed by atoms with van der Waals surface area (Å²) in [5, 5.41) is 12.4. The van der Waals surface area contributed by atoms with Crippen molar-refractivity contribution in [3.05, 3.63) is 23.9 Å². The van der Waals surface area contributed by atoms with Crippen LogP contribution in [-0.4, -0.2) is 97.1 Å². The largest absolute Gasteiger partial charge is 0.403 e. The molecule has 0 amide bonds. The summed E-state index contributed by atoms with van der Waals surface area (Å²) in [7, 11) is 3.75. The summed E-state index contributed by atoms with van der Waals surface area (Å²) < 4.78 is 20.1. The van der Waals surface area contributed by atoms with Crippen molar-refractivity contribution in [3.8, 4) is 6.07 Å². The molecule has 0 saturated carbocycles. The lowest BCUT2D eigenvalue weighted by Crippen LogP contribution is -2.78. The number of ether oxygens (including phenoxy) is 1. The molecule has 11 heteroatoms. The Morgan fingerprint density at radius 2 is 2.19 bits per heavy atom. The lowest BCUT2D eigenvalue weighted by Gasteiger charge is -2.62. The molecule has 1 spiro atoms. The van der Waals surface area contributed by atoms with E-state index < -0.39 is 5.82 Å². The number of likely N-dealkylation sites (N-methyl/N-ethyl adjacent to an activating group) is 1. The number of hydrogen-bond donors (Lipinski definition) is 2. The van der Waals surface area contributed by atoms with Crippen LogP contribution in [0.5, 0.6) is 0 Å². The monoisotopic (exact) mass is 429 g/mol. The van der Waals surface area contributed by atoms with Crippen LogP contribution in [0.1, 0.15) is 6.42 Å². The van der Waals surface area contributed by atoms with Crippen LogP contribution < -0.4 is 16.0 Å². The topological polar surface area (TPSA) is 119 Å². The molecular formula is C20H28FN9O. The number of aliphatic imine (C=N–C) groups is 1. The highest BCUT2D eigenvalue weighted by Crippen LogP contribution is 2.39. The zero-order valence-electron chi connectivity index (χ0n) is 17.9. The third kappa shape index (κ3) is 3.82. The Kier molecular flexibility index (Phi) is 5.79. The summed E-state index contributed by atoms with van der Waals surface area (Å²) >= 11 is 0. The number of nitriles is 1. The summed E-state index contributed by atoms with van der Waals surface area (Å²) in [4.78, 5) is 18.8. The summed E-state index contributed by atoms with van der Waals surface area (Å²) in [5.74, 6) is -0.0524. The molecule has 1 aromatic heterocycles. The van der Waals surface area contributed by atoms with E-state index in [4.69, 9.17) is 10.5 Å². The van der Waals surface area contributed by atoms with Crippen LogP contribution in [0, 0.1) is 17.1 Å². The first-order chi connectivity index (χ1) is 14.9. The molecule has 0 radical (unpaired) electrons. The Labute approximate surface area is 181 Å². The van der Waals surface area contributed by atoms with Gasteiger partial charge >= 0.3 is 0 Å². The number of nitrogens with one attached hydrogen (secondary N) is 1. The van der Waals surface area contributed by atoms with Crippen molar-refractivity contribution in [1.82, 2.24) is 19.8 Å². The van der Waals surface area contributed by atoms with Crippen LogP contribution in [0.4, 0.5) is 16.2 Å². The second-order valence-corrected chi connectivity index (χ2v) is 8.48. The van der Waals surface area contributed by atoms with Crippen molar-refractivity contribution >= 4 is 18.0 Å². The Hall–Kier alpha value is -2.81. The molecule has 3 fully saturated rings. The fraction of sp³-hybridized carbons (Fsp3) is 0.600. The van der Waals surface area contributed by atoms with Gasteiger partial charge in [-0.3, -0.25) is 14.8 Å². The molecule has 3 saturated heterocycles. The smallest absolute Gasteiger partial charge is 0.229 e. The molecule has 0 unspecified atom stereocenters. The molecule has 3 N–H and O–H groups in total. The van der Waals surface area contributed by atoms with Crippen molar-refractivity contribution in [2.24, 2.45) is 10.7 Å². The third-order valence-corrected chi connectivity index (χ3v) is 6.52. The highest BCUT2D eigenvalue weighted by atomic mass is 19.1. The van der Waals surface area contributed by atoms with E-state index in [1.54, 1.807) is 7.05 Å². The summed E-state index contributed by atoms with van der Waals surface area (Å²) in [5.41, 5.74) is 5.77. The van der Waals surface area contributed by atoms with E-state index in [9.17, 15) is 9.65 Å². The van der Waals surface area contributed by atoms with E-state index in [0.717, 1.165) is 25.8 Å². The number of nitrogens with two attached hydrogens (primary N) is 1. The molecule has 31 heavy (non-hydrogen) atoms. The van der Waals surface area contributed by atoms with Crippen LogP contribution in [0.15, 0.2) is 23.1 Å². The first-order valence-corrected chi connectivity index (χ1v) is 10.2. The van der Waals surface area contributed by atoms with Crippen molar-refractivity contribution in [2.75, 3.05) is 70.2 Å². The van der Waals surface area contributed by atoms with Gasteiger partial charge in [0.1, 0.15) is 0 Å². The van der Waals surface area contributed by atoms with Crippen LogP contribution in [0.25, 0.3) is 0 Å². The van der Waals surface area contributed by atoms with Gasteiger partial charge in [0.15, 0.2) is 11.6 Å². The quantitative estimate of drug-likeness (QED) is 0.603. The van der Waals surface area contributed by atoms with Crippen LogP contribution in [0.2, 0.25) is 0 Å². The number of hydrogen-bond acceptors (Lipinski definition) is 10. The molecule has 3 aliphatic rings. The lowest BCUT2D eigenvalue weighted by molar-refractivity contribution is -0.176. The molecule has 0 atom stereocenters. The summed E-state index contributed by atoms with van der Waals surface area (Å²) in [6.07, 6.45) is 4.40. The fourth-order valence-electron chi connectivity index (χ4n) is 4.53. The minimum Gasteiger partial charge on any atom is -0.403 e. The minimum absolute atomic E-state index is 0.0180. The molecule has 0 bridgehead atoms. The van der Waals surface area contributed by atoms with Gasteiger partial charge in [0.25, 0.3) is 0 Å². The minimum atomic E-state index is -0.499. The van der Waals surface area contributed by atoms with Gasteiger partial charge in [-0.2, -0.15) is 10.2 Å². The van der Waals surface area contributed by atoms with E-state index in [-0.39, 0.29) is 22.8 Å². The number of anilines is 2. The number of aromatic nitrogens is 2. The van der Waals surface area contributed by atoms with E-state index in [2.05, 4.69) is 43.2 Å². The van der Waals surface area contributed by atoms with Gasteiger partial charge in [0.05, 0.1) is 48.7 Å². The SMILES string of the molecule is CN=C/C(=C\N)Nc1ncc(F)c(N2CC(CC#N)(N3CCN(C)C4(COC4)C3)C2)n1. The van der Waals surface area contributed by atoms with Gasteiger partial charge in [0.2, 0.25) is 5.95 Å². The molecule has 4 rings (SSSR count). The molecule has 1 aromatic rings. The van der Waals surface area contributed by atoms with E-state index in [0.29, 0.717) is 38.4 Å². The van der Waals surface area contributed by atoms with E-state index in [1.165, 1.54) is 12.4 Å². The molecular weight excluding hydrogens is 401 g/mol. The van der Waals surface area contributed by atoms with Crippen LogP contribution >= 0.6 is 0 Å². The highest BCUT2D eigenvalue weighted by molar-refractivity contribution is 5.81. The third-order valence-electron chi connectivity index (χ3n) is 6.52. The first-order valence-electron chi connectivity index (χ1n) is 10.2. The Bertz CT molecular complexity index is 918. The Morgan fingerprint density at radius 1 is 1.42 bits per heavy atom. The maximum atomic E-state index is 14.6. The standard InChI is InChI=1S/C20H28FN9O/c1-24-8-15(7-23)26-18-25-9-16(21)17(27-18)29-10-19(11-29,3-4-22)30-6-5-28(2)20(12-30)13-31-14-20/h7-9H,3,5-6,10-14,23H2,1-2H3,(H,25,26,27)/b15-7+,24-8?. The first kappa shape index (κ1) is 21.4. The highest BCUT2D eigenvalue weighted by Gasteiger charge is 2.55. The molecule has 3 aliphatic heterocycles. The second-order valence-electron chi connectivity index (χ2n) is 8.48. The van der Waals surface area contributed by atoms with Gasteiger partial charge in [0, 0.05) is 52.2 Å². The van der Waals surface area contributed by atoms with Crippen LogP contribution in [0.3, 0.4) is 0 Å². The fourth-order valence-corrected chi connectivity index (χ4v) is 4.53. The van der Waals surface area contributed by atoms with Crippen molar-refractivity contribution in [2.45, 2.75) is 17.5 Å². The lowest BCUT2D eigenvalue weighted by atomic mass is 9.81. The number of allylic oxidation sites excluding steroid dienone is 1. The maximum absolute atomic E-state index is 14.6. The molecule has 4 heterocycles. The molecule has 166 valence electrons. The number of piperazine rings is 1. The molecule has 0 aromatic carbocycles. The van der Waals surface area contributed by atoms with Gasteiger partial charge in [-0.05, 0) is 7.05 Å². The van der Waals surface area contributed by atoms with E-state index in [1.807, 2.05) is 4.90 Å². The number of rotatable bonds is 6. The number of nitrogens with zero attached hydrogens (tertiary/aromatic N) is 7. The zero-order valence-corrected chi connectivity index (χ0v) is 17.9. The van der Waals surface area contributed by atoms with E-state index >= 15 is 0 Å². The van der Waals surface area contributed by atoms with Crippen molar-refractivity contribution in [3.63, 3.8) is 0 Å². The average molecular weight is 430 g/mol. The van der Waals surface area contributed by atoms with Gasteiger partial charge in [-0.1, -0.05) is 0 Å². The predicted molar refractivity (Wildman–Crippen MR) is 115 cm³/mol. The van der Waals surface area contributed by atoms with Gasteiger partial charge in [-0.15, -0.1) is 0 Å². The second kappa shape index (κ2) is 8.37. The molecule has 0 aliphatic carbocycles. The van der Waals surface area contributed by atoms with Crippen molar-refractivity contribution in [1.29, 1.82) is 5.26 Å². The Morgan fingerprint density at radius 3 is 2.81 bits per heavy atom. The van der Waals surface area contributed by atoms with Crippen molar-refractivity contribution < 1.29 is 9.13 Å². The predicted octanol–water partition coefficient (Wildman–Crippen LogP) is 0.0172. The number of halogens is 1. The average Bonchev–Trinajstić information content (AvgIpc) is 2.71. The summed E-state index contributed by atoms with van der Waals surface area (Å²) in [6, 6.07) is 2.34. The normalized spacial score (nSPS) is 23.4. The zero-order chi connectivity index (χ0) is 22.1. The van der Waals surface area contributed by atoms with Gasteiger partial charge in [-0.25, -0.2) is 9.37 Å². The molecule has 10 nitrogen and oxygen atoms in total. The Balaban J connectivity index is 1.50. The summed E-state index contributed by atoms with van der Waals surface area (Å²) in [6.45, 7) is 5.11. The van der Waals surface area contributed by atoms with Crippen LogP contribution in [-0.2, 0) is 4.74 Å². The van der Waals surface area contributed by atoms with Gasteiger partial charge < -0.3 is 20.7 Å².